The summed E-state index contributed by atoms with van der Waals surface area (Å²) in [6.07, 6.45) is 1.71. The zero-order chi connectivity index (χ0) is 15.4. The Kier molecular flexibility index (Phi) is 4.74. The van der Waals surface area contributed by atoms with Gasteiger partial charge in [-0.1, -0.05) is 13.3 Å². The van der Waals surface area contributed by atoms with Gasteiger partial charge in [-0.15, -0.1) is 0 Å². The first-order valence-electron chi connectivity index (χ1n) is 7.06. The van der Waals surface area contributed by atoms with Crippen LogP contribution < -0.4 is 11.3 Å². The number of nitrogens with two attached hydrogens (primary N) is 1. The molecular formula is C14H21N5O2. The summed E-state index contributed by atoms with van der Waals surface area (Å²) >= 11 is 0. The molecule has 0 aliphatic carbocycles. The minimum atomic E-state index is -0.160. The summed E-state index contributed by atoms with van der Waals surface area (Å²) in [4.78, 5) is 31.8. The van der Waals surface area contributed by atoms with Gasteiger partial charge in [0.05, 0.1) is 0 Å². The first-order chi connectivity index (χ1) is 10.0. The van der Waals surface area contributed by atoms with Gasteiger partial charge in [0.2, 0.25) is 5.91 Å². The van der Waals surface area contributed by atoms with Gasteiger partial charge in [0.15, 0.2) is 0 Å². The number of aromatic nitrogens is 1. The van der Waals surface area contributed by atoms with Crippen molar-refractivity contribution in [2.24, 2.45) is 5.84 Å². The molecule has 1 aliphatic rings. The van der Waals surface area contributed by atoms with E-state index in [1.54, 1.807) is 29.0 Å². The van der Waals surface area contributed by atoms with Crippen molar-refractivity contribution >= 4 is 17.6 Å². The standard InChI is InChI=1S/C14H21N5O2/c1-3-4-11-7-10(8-12(16-11)17-15)14(21)19-6-5-18(2)13(20)9-19/h7-8H,3-6,9,15H2,1-2H3,(H,16,17). The van der Waals surface area contributed by atoms with E-state index in [-0.39, 0.29) is 18.4 Å². The lowest BCUT2D eigenvalue weighted by molar-refractivity contribution is -0.133. The number of hydrogen-bond donors (Lipinski definition) is 2. The molecule has 0 saturated carbocycles. The number of aryl methyl sites for hydroxylation is 1. The van der Waals surface area contributed by atoms with Gasteiger partial charge in [-0.25, -0.2) is 10.8 Å². The highest BCUT2D eigenvalue weighted by Crippen LogP contribution is 2.15. The second kappa shape index (κ2) is 6.53. The Morgan fingerprint density at radius 2 is 2.19 bits per heavy atom. The Balaban J connectivity index is 2.22. The van der Waals surface area contributed by atoms with Crippen molar-refractivity contribution < 1.29 is 9.59 Å². The molecule has 2 heterocycles. The Labute approximate surface area is 124 Å². The smallest absolute Gasteiger partial charge is 0.254 e. The summed E-state index contributed by atoms with van der Waals surface area (Å²) in [6, 6.07) is 3.39. The molecule has 1 aromatic heterocycles. The fourth-order valence-corrected chi connectivity index (χ4v) is 2.28. The third-order valence-electron chi connectivity index (χ3n) is 3.52. The Bertz CT molecular complexity index is 546. The van der Waals surface area contributed by atoms with Crippen molar-refractivity contribution in [3.05, 3.63) is 23.4 Å². The minimum absolute atomic E-state index is 0.0467. The van der Waals surface area contributed by atoms with Gasteiger partial charge in [0.1, 0.15) is 12.4 Å². The average Bonchev–Trinajstić information content (AvgIpc) is 2.49. The first-order valence-corrected chi connectivity index (χ1v) is 7.06. The van der Waals surface area contributed by atoms with Gasteiger partial charge in [-0.3, -0.25) is 9.59 Å². The van der Waals surface area contributed by atoms with Crippen molar-refractivity contribution in [1.82, 2.24) is 14.8 Å². The van der Waals surface area contributed by atoms with Crippen molar-refractivity contribution in [2.45, 2.75) is 19.8 Å². The van der Waals surface area contributed by atoms with Crippen LogP contribution in [0.3, 0.4) is 0 Å². The molecule has 7 nitrogen and oxygen atoms in total. The molecule has 1 saturated heterocycles. The second-order valence-corrected chi connectivity index (χ2v) is 5.17. The Hall–Kier alpha value is -2.15. The van der Waals surface area contributed by atoms with Crippen LogP contribution in [0.1, 0.15) is 29.4 Å². The number of hydrogen-bond acceptors (Lipinski definition) is 5. The fourth-order valence-electron chi connectivity index (χ4n) is 2.28. The lowest BCUT2D eigenvalue weighted by Crippen LogP contribution is -2.50. The van der Waals surface area contributed by atoms with E-state index in [1.165, 1.54) is 0 Å². The van der Waals surface area contributed by atoms with E-state index in [1.807, 2.05) is 6.92 Å². The molecule has 2 rings (SSSR count). The maximum atomic E-state index is 12.5. The average molecular weight is 291 g/mol. The topological polar surface area (TPSA) is 91.6 Å². The number of amides is 2. The fraction of sp³-hybridized carbons (Fsp3) is 0.500. The summed E-state index contributed by atoms with van der Waals surface area (Å²) in [5.41, 5.74) is 3.81. The Morgan fingerprint density at radius 3 is 2.81 bits per heavy atom. The number of rotatable bonds is 4. The van der Waals surface area contributed by atoms with E-state index in [0.717, 1.165) is 18.5 Å². The van der Waals surface area contributed by atoms with Crippen LogP contribution in [0.4, 0.5) is 5.82 Å². The first kappa shape index (κ1) is 15.2. The van der Waals surface area contributed by atoms with E-state index in [0.29, 0.717) is 24.5 Å². The zero-order valence-corrected chi connectivity index (χ0v) is 12.4. The quantitative estimate of drug-likeness (QED) is 0.612. The van der Waals surface area contributed by atoms with Crippen LogP contribution in [0.2, 0.25) is 0 Å². The number of carbonyl (C=O) groups is 2. The molecule has 2 amide bonds. The second-order valence-electron chi connectivity index (χ2n) is 5.17. The maximum absolute atomic E-state index is 12.5. The summed E-state index contributed by atoms with van der Waals surface area (Å²) in [7, 11) is 1.74. The molecule has 0 spiro atoms. The predicted molar refractivity (Wildman–Crippen MR) is 79.6 cm³/mol. The molecule has 1 fully saturated rings. The number of pyridine rings is 1. The molecule has 0 atom stereocenters. The molecular weight excluding hydrogens is 270 g/mol. The number of piperazine rings is 1. The lowest BCUT2D eigenvalue weighted by Gasteiger charge is -2.32. The largest absolute Gasteiger partial charge is 0.342 e. The van der Waals surface area contributed by atoms with Crippen LogP contribution in [-0.2, 0) is 11.2 Å². The number of likely N-dealkylation sites (N-methyl/N-ethyl adjacent to an activating group) is 1. The summed E-state index contributed by atoms with van der Waals surface area (Å²) in [5, 5.41) is 0. The number of anilines is 1. The van der Waals surface area contributed by atoms with Crippen LogP contribution in [0.25, 0.3) is 0 Å². The molecule has 21 heavy (non-hydrogen) atoms. The van der Waals surface area contributed by atoms with Crippen molar-refractivity contribution in [3.8, 4) is 0 Å². The highest BCUT2D eigenvalue weighted by Gasteiger charge is 2.26. The molecule has 0 radical (unpaired) electrons. The van der Waals surface area contributed by atoms with Crippen LogP contribution in [0.5, 0.6) is 0 Å². The van der Waals surface area contributed by atoms with Crippen LogP contribution in [0, 0.1) is 0 Å². The number of nitrogens with zero attached hydrogens (tertiary/aromatic N) is 3. The summed E-state index contributed by atoms with van der Waals surface area (Å²) in [5.74, 6) is 5.66. The third kappa shape index (κ3) is 3.49. The number of nitrogens with one attached hydrogen (secondary N) is 1. The molecule has 3 N–H and O–H groups in total. The summed E-state index contributed by atoms with van der Waals surface area (Å²) in [6.45, 7) is 3.26. The SMILES string of the molecule is CCCc1cc(C(=O)N2CCN(C)C(=O)C2)cc(NN)n1. The molecule has 0 bridgehead atoms. The van der Waals surface area contributed by atoms with Crippen LogP contribution in [0.15, 0.2) is 12.1 Å². The molecule has 0 unspecified atom stereocenters. The molecule has 0 aromatic carbocycles. The minimum Gasteiger partial charge on any atom is -0.342 e. The third-order valence-corrected chi connectivity index (χ3v) is 3.52. The number of carbonyl (C=O) groups excluding carboxylic acids is 2. The van der Waals surface area contributed by atoms with Crippen molar-refractivity contribution in [1.29, 1.82) is 0 Å². The lowest BCUT2D eigenvalue weighted by atomic mass is 10.1. The monoisotopic (exact) mass is 291 g/mol. The van der Waals surface area contributed by atoms with Gasteiger partial charge in [-0.05, 0) is 18.6 Å². The zero-order valence-electron chi connectivity index (χ0n) is 12.4. The number of nitrogen functional groups attached to an aromatic ring is 1. The highest BCUT2D eigenvalue weighted by molar-refractivity contribution is 5.97. The Morgan fingerprint density at radius 1 is 1.43 bits per heavy atom. The molecule has 1 aromatic rings. The normalized spacial score (nSPS) is 15.3. The van der Waals surface area contributed by atoms with E-state index in [9.17, 15) is 9.59 Å². The molecule has 7 heteroatoms. The summed E-state index contributed by atoms with van der Waals surface area (Å²) < 4.78 is 0. The van der Waals surface area contributed by atoms with Crippen LogP contribution >= 0.6 is 0 Å². The van der Waals surface area contributed by atoms with E-state index in [4.69, 9.17) is 5.84 Å². The predicted octanol–water partition coefficient (Wildman–Crippen LogP) is 0.234. The van der Waals surface area contributed by atoms with E-state index < -0.39 is 0 Å². The van der Waals surface area contributed by atoms with Gasteiger partial charge in [0, 0.05) is 31.4 Å². The van der Waals surface area contributed by atoms with Crippen LogP contribution in [-0.4, -0.2) is 53.3 Å². The maximum Gasteiger partial charge on any atom is 0.254 e. The molecule has 114 valence electrons. The number of hydrazine groups is 1. The van der Waals surface area contributed by atoms with Gasteiger partial charge >= 0.3 is 0 Å². The molecule has 1 aliphatic heterocycles. The van der Waals surface area contributed by atoms with Crippen molar-refractivity contribution in [2.75, 3.05) is 32.1 Å². The van der Waals surface area contributed by atoms with Crippen molar-refractivity contribution in [3.63, 3.8) is 0 Å². The van der Waals surface area contributed by atoms with E-state index in [2.05, 4.69) is 10.4 Å². The van der Waals surface area contributed by atoms with E-state index >= 15 is 0 Å². The highest BCUT2D eigenvalue weighted by atomic mass is 16.2. The van der Waals surface area contributed by atoms with Gasteiger partial charge in [0.25, 0.3) is 5.91 Å². The van der Waals surface area contributed by atoms with Gasteiger partial charge < -0.3 is 15.2 Å². The van der Waals surface area contributed by atoms with Gasteiger partial charge in [-0.2, -0.15) is 0 Å².